The second-order valence-corrected chi connectivity index (χ2v) is 4.53. The van der Waals surface area contributed by atoms with Gasteiger partial charge in [-0.05, 0) is 17.7 Å². The van der Waals surface area contributed by atoms with Crippen molar-refractivity contribution < 1.29 is 36.0 Å². The lowest BCUT2D eigenvalue weighted by molar-refractivity contribution is -0.144. The second-order valence-electron chi connectivity index (χ2n) is 4.53. The Morgan fingerprint density at radius 1 is 1.12 bits per heavy atom. The molecule has 2 aromatic rings. The van der Waals surface area contributed by atoms with Crippen LogP contribution in [0.5, 0.6) is 0 Å². The summed E-state index contributed by atoms with van der Waals surface area (Å²) in [5.41, 5.74) is -4.43. The fourth-order valence-electron chi connectivity index (χ4n) is 1.98. The van der Waals surface area contributed by atoms with Crippen LogP contribution in [0.25, 0.3) is 0 Å². The standard InChI is InChI=1S/C12H8F6N4O2/c13-11(14,15)7-2-1-3-8(12(16,17)18)6(7)4-22-5-9(20-21-22)10(23)24-19/h1-3,5H,4,19H2. The molecule has 1 aromatic carbocycles. The first kappa shape index (κ1) is 17.7. The van der Waals surface area contributed by atoms with Crippen LogP contribution in [-0.2, 0) is 23.7 Å². The molecule has 0 bridgehead atoms. The van der Waals surface area contributed by atoms with Gasteiger partial charge >= 0.3 is 18.3 Å². The highest BCUT2D eigenvalue weighted by molar-refractivity contribution is 5.86. The molecule has 12 heteroatoms. The van der Waals surface area contributed by atoms with Crippen molar-refractivity contribution in [3.8, 4) is 0 Å². The maximum Gasteiger partial charge on any atom is 0.416 e. The third kappa shape index (κ3) is 3.64. The zero-order chi connectivity index (χ0) is 18.1. The fourth-order valence-corrected chi connectivity index (χ4v) is 1.98. The lowest BCUT2D eigenvalue weighted by Crippen LogP contribution is -2.18. The number of rotatable bonds is 3. The molecule has 0 atom stereocenters. The number of nitrogens with zero attached hydrogens (tertiary/aromatic N) is 3. The van der Waals surface area contributed by atoms with Gasteiger partial charge < -0.3 is 4.84 Å². The number of halogens is 6. The minimum Gasteiger partial charge on any atom is -0.368 e. The summed E-state index contributed by atoms with van der Waals surface area (Å²) in [6, 6.07) is 1.71. The van der Waals surface area contributed by atoms with Crippen LogP contribution in [0.2, 0.25) is 0 Å². The van der Waals surface area contributed by atoms with Crippen molar-refractivity contribution in [2.24, 2.45) is 5.90 Å². The van der Waals surface area contributed by atoms with E-state index in [1.165, 1.54) is 0 Å². The molecule has 130 valence electrons. The van der Waals surface area contributed by atoms with Gasteiger partial charge in [0.25, 0.3) is 0 Å². The molecule has 0 spiro atoms. The maximum atomic E-state index is 13.0. The van der Waals surface area contributed by atoms with Gasteiger partial charge in [-0.3, -0.25) is 0 Å². The molecule has 2 N–H and O–H groups in total. The van der Waals surface area contributed by atoms with Crippen LogP contribution >= 0.6 is 0 Å². The van der Waals surface area contributed by atoms with Crippen molar-refractivity contribution in [3.63, 3.8) is 0 Å². The highest BCUT2D eigenvalue weighted by atomic mass is 19.4. The summed E-state index contributed by atoms with van der Waals surface area (Å²) in [5, 5.41) is 6.57. The minimum atomic E-state index is -5.00. The lowest BCUT2D eigenvalue weighted by Gasteiger charge is -2.18. The van der Waals surface area contributed by atoms with E-state index in [9.17, 15) is 31.1 Å². The SMILES string of the molecule is NOC(=O)c1cn(Cc2c(C(F)(F)F)cccc2C(F)(F)F)nn1. The normalized spacial score (nSPS) is 12.3. The van der Waals surface area contributed by atoms with Crippen LogP contribution in [0, 0.1) is 0 Å². The van der Waals surface area contributed by atoms with Crippen LogP contribution < -0.4 is 5.90 Å². The van der Waals surface area contributed by atoms with Gasteiger partial charge in [-0.25, -0.2) is 9.48 Å². The molecule has 1 aromatic heterocycles. The third-order valence-corrected chi connectivity index (χ3v) is 2.96. The van der Waals surface area contributed by atoms with Crippen molar-refractivity contribution in [2.75, 3.05) is 0 Å². The van der Waals surface area contributed by atoms with Gasteiger partial charge in [0.15, 0.2) is 5.69 Å². The van der Waals surface area contributed by atoms with E-state index in [0.717, 1.165) is 6.20 Å². The predicted octanol–water partition coefficient (Wildman–Crippen LogP) is 2.39. The average molecular weight is 354 g/mol. The molecule has 0 aliphatic carbocycles. The molecule has 0 amide bonds. The monoisotopic (exact) mass is 354 g/mol. The van der Waals surface area contributed by atoms with Gasteiger partial charge in [-0.15, -0.1) is 5.10 Å². The Hall–Kier alpha value is -2.63. The molecule has 0 aliphatic rings. The van der Waals surface area contributed by atoms with E-state index in [4.69, 9.17) is 0 Å². The number of alkyl halides is 6. The molecule has 0 saturated heterocycles. The summed E-state index contributed by atoms with van der Waals surface area (Å²) in [6.45, 7) is -0.907. The minimum absolute atomic E-state index is 0.462. The van der Waals surface area contributed by atoms with E-state index >= 15 is 0 Å². The maximum absolute atomic E-state index is 13.0. The highest BCUT2D eigenvalue weighted by Crippen LogP contribution is 2.39. The Kier molecular flexibility index (Phi) is 4.51. The van der Waals surface area contributed by atoms with Gasteiger partial charge in [0.2, 0.25) is 0 Å². The summed E-state index contributed by atoms with van der Waals surface area (Å²) in [5.74, 6) is 3.47. The fraction of sp³-hybridized carbons (Fsp3) is 0.250. The molecule has 6 nitrogen and oxygen atoms in total. The molecule has 0 unspecified atom stereocenters. The molecule has 1 heterocycles. The van der Waals surface area contributed by atoms with Crippen molar-refractivity contribution in [1.29, 1.82) is 0 Å². The van der Waals surface area contributed by atoms with Gasteiger partial charge in [0.1, 0.15) is 0 Å². The predicted molar refractivity (Wildman–Crippen MR) is 65.2 cm³/mol. The van der Waals surface area contributed by atoms with E-state index in [0.29, 0.717) is 22.9 Å². The van der Waals surface area contributed by atoms with Crippen molar-refractivity contribution in [3.05, 3.63) is 46.8 Å². The van der Waals surface area contributed by atoms with Crippen LogP contribution in [0.4, 0.5) is 26.3 Å². The largest absolute Gasteiger partial charge is 0.416 e. The van der Waals surface area contributed by atoms with Crippen LogP contribution in [0.3, 0.4) is 0 Å². The van der Waals surface area contributed by atoms with Crippen molar-refractivity contribution >= 4 is 5.97 Å². The molecule has 0 radical (unpaired) electrons. The van der Waals surface area contributed by atoms with E-state index < -0.39 is 47.3 Å². The van der Waals surface area contributed by atoms with Crippen molar-refractivity contribution in [2.45, 2.75) is 18.9 Å². The number of carbonyl (C=O) groups is 1. The summed E-state index contributed by atoms with van der Waals surface area (Å²) in [6.07, 6.45) is -9.19. The second kappa shape index (κ2) is 6.11. The highest BCUT2D eigenvalue weighted by Gasteiger charge is 2.40. The summed E-state index contributed by atoms with van der Waals surface area (Å²) in [4.78, 5) is 14.9. The summed E-state index contributed by atoms with van der Waals surface area (Å²) in [7, 11) is 0. The number of aromatic nitrogens is 3. The lowest BCUT2D eigenvalue weighted by atomic mass is 10.00. The Bertz CT molecular complexity index is 720. The zero-order valence-electron chi connectivity index (χ0n) is 11.5. The Morgan fingerprint density at radius 2 is 1.67 bits per heavy atom. The molecule has 2 rings (SSSR count). The molecular formula is C12H8F6N4O2. The number of benzene rings is 1. The van der Waals surface area contributed by atoms with E-state index in [2.05, 4.69) is 21.0 Å². The van der Waals surface area contributed by atoms with E-state index in [1.54, 1.807) is 0 Å². The molecule has 0 saturated carbocycles. The zero-order valence-corrected chi connectivity index (χ0v) is 11.5. The van der Waals surface area contributed by atoms with Gasteiger partial charge in [-0.2, -0.15) is 32.2 Å². The topological polar surface area (TPSA) is 83.0 Å². The number of hydrogen-bond donors (Lipinski definition) is 1. The summed E-state index contributed by atoms with van der Waals surface area (Å²) < 4.78 is 78.7. The third-order valence-electron chi connectivity index (χ3n) is 2.96. The quantitative estimate of drug-likeness (QED) is 0.676. The molecule has 24 heavy (non-hydrogen) atoms. The molecule has 0 aliphatic heterocycles. The first-order chi connectivity index (χ1) is 11.0. The van der Waals surface area contributed by atoms with Crippen LogP contribution in [0.1, 0.15) is 27.2 Å². The number of carbonyl (C=O) groups excluding carboxylic acids is 1. The first-order valence-corrected chi connectivity index (χ1v) is 6.11. The van der Waals surface area contributed by atoms with Crippen molar-refractivity contribution in [1.82, 2.24) is 15.0 Å². The Morgan fingerprint density at radius 3 is 2.12 bits per heavy atom. The molecular weight excluding hydrogens is 346 g/mol. The van der Waals surface area contributed by atoms with Crippen LogP contribution in [0.15, 0.2) is 24.4 Å². The van der Waals surface area contributed by atoms with Gasteiger partial charge in [0, 0.05) is 0 Å². The van der Waals surface area contributed by atoms with Gasteiger partial charge in [-0.1, -0.05) is 11.3 Å². The Balaban J connectivity index is 2.51. The average Bonchev–Trinajstić information content (AvgIpc) is 2.93. The first-order valence-electron chi connectivity index (χ1n) is 6.11. The van der Waals surface area contributed by atoms with E-state index in [-0.39, 0.29) is 0 Å². The van der Waals surface area contributed by atoms with E-state index in [1.807, 2.05) is 0 Å². The Labute approximate surface area is 129 Å². The number of hydrogen-bond acceptors (Lipinski definition) is 5. The molecule has 0 fully saturated rings. The smallest absolute Gasteiger partial charge is 0.368 e. The number of nitrogens with two attached hydrogens (primary N) is 1. The summed E-state index contributed by atoms with van der Waals surface area (Å²) >= 11 is 0. The van der Waals surface area contributed by atoms with Crippen LogP contribution in [-0.4, -0.2) is 21.0 Å². The van der Waals surface area contributed by atoms with Gasteiger partial charge in [0.05, 0.1) is 23.9 Å².